The topological polar surface area (TPSA) is 118 Å². The molecule has 568 valence electrons. The molecule has 0 saturated heterocycles. The Bertz CT molecular complexity index is 3100. The summed E-state index contributed by atoms with van der Waals surface area (Å²) in [6.07, 6.45) is 39.2. The molecule has 8 heteroatoms. The molecule has 0 fully saturated rings. The van der Waals surface area contributed by atoms with Gasteiger partial charge < -0.3 is 39.4 Å². The molecule has 0 amide bonds. The van der Waals surface area contributed by atoms with E-state index in [1.807, 2.05) is 59.7 Å². The Morgan fingerprint density at radius 2 is 0.620 bits per heavy atom. The van der Waals surface area contributed by atoms with Crippen LogP contribution in [-0.2, 0) is 25.7 Å². The van der Waals surface area contributed by atoms with Crippen molar-refractivity contribution < 1.29 is 39.4 Å². The van der Waals surface area contributed by atoms with Gasteiger partial charge in [0.15, 0.2) is 0 Å². The summed E-state index contributed by atoms with van der Waals surface area (Å²) < 4.78 is 25.9. The monoisotopic (exact) mass is 1390 g/mol. The number of hydrogen-bond acceptors (Lipinski definition) is 8. The number of phenols is 4. The molecular formula is C92H152O8. The lowest BCUT2D eigenvalue weighted by Crippen LogP contribution is -2.37. The van der Waals surface area contributed by atoms with Gasteiger partial charge in [-0.1, -0.05) is 186 Å². The highest BCUT2D eigenvalue weighted by Crippen LogP contribution is 2.47. The van der Waals surface area contributed by atoms with E-state index in [1.165, 1.54) is 145 Å². The van der Waals surface area contributed by atoms with Crippen molar-refractivity contribution in [2.45, 2.75) is 394 Å². The number of benzene rings is 4. The summed E-state index contributed by atoms with van der Waals surface area (Å²) >= 11 is 0. The van der Waals surface area contributed by atoms with E-state index in [4.69, 9.17) is 18.9 Å². The van der Waals surface area contributed by atoms with Gasteiger partial charge in [0.25, 0.3) is 0 Å². The molecule has 0 aliphatic carbocycles. The number of hydrogen-bond donors (Lipinski definition) is 4. The highest BCUT2D eigenvalue weighted by Gasteiger charge is 2.38. The number of phenolic OH excluding ortho intramolecular Hbond substituents is 4. The first-order valence-corrected chi connectivity index (χ1v) is 40.9. The zero-order chi connectivity index (χ0) is 74.5. The SMILES string of the molecule is Cc1c(C)c2c(c(C)c1O)CC[C@@](C)(CCC[C@H](C)CCCC(C)C)O2.Cc1c(O)cc2c(c1C)O[C@](C)(CCC[C@H](C)CCCC(C)C)CC2.Cc1cc(O)c(C)c2c1O[C@](C)(CCC[C@H](C)CCCC(C)C)CC2.Cc1cc(O)cc2c1O[C@](C)(CCC[C@H](C)CCCC(C)C)CC2. The highest BCUT2D eigenvalue weighted by molar-refractivity contribution is 5.59. The minimum atomic E-state index is -0.0642. The first-order chi connectivity index (χ1) is 46.9. The van der Waals surface area contributed by atoms with Crippen LogP contribution in [0.1, 0.15) is 357 Å². The molecule has 8 nitrogen and oxygen atoms in total. The van der Waals surface area contributed by atoms with Gasteiger partial charge in [0.1, 0.15) is 68.4 Å². The van der Waals surface area contributed by atoms with Gasteiger partial charge in [-0.15, -0.1) is 0 Å². The summed E-state index contributed by atoms with van der Waals surface area (Å²) in [7, 11) is 0. The van der Waals surface area contributed by atoms with Crippen LogP contribution in [0.15, 0.2) is 24.3 Å². The maximum Gasteiger partial charge on any atom is 0.127 e. The molecule has 0 saturated carbocycles. The van der Waals surface area contributed by atoms with Crippen molar-refractivity contribution in [2.24, 2.45) is 47.3 Å². The molecule has 4 aromatic carbocycles. The number of aryl methyl sites for hydroxylation is 4. The van der Waals surface area contributed by atoms with Gasteiger partial charge in [0.05, 0.1) is 0 Å². The van der Waals surface area contributed by atoms with E-state index in [0.717, 1.165) is 197 Å². The van der Waals surface area contributed by atoms with E-state index >= 15 is 0 Å². The summed E-state index contributed by atoms with van der Waals surface area (Å²) in [6, 6.07) is 7.41. The fourth-order valence-corrected chi connectivity index (χ4v) is 16.3. The lowest BCUT2D eigenvalue weighted by Gasteiger charge is -2.38. The largest absolute Gasteiger partial charge is 0.508 e. The van der Waals surface area contributed by atoms with Gasteiger partial charge in [-0.25, -0.2) is 0 Å². The number of fused-ring (bicyclic) bond motifs is 4. The van der Waals surface area contributed by atoms with Crippen LogP contribution < -0.4 is 18.9 Å². The van der Waals surface area contributed by atoms with Crippen molar-refractivity contribution >= 4 is 0 Å². The van der Waals surface area contributed by atoms with Crippen molar-refractivity contribution in [1.82, 2.24) is 0 Å². The van der Waals surface area contributed by atoms with Gasteiger partial charge in [0.2, 0.25) is 0 Å². The van der Waals surface area contributed by atoms with Crippen LogP contribution in [0.4, 0.5) is 0 Å². The van der Waals surface area contributed by atoms with Crippen LogP contribution >= 0.6 is 0 Å². The van der Waals surface area contributed by atoms with Crippen LogP contribution in [0.3, 0.4) is 0 Å². The van der Waals surface area contributed by atoms with E-state index in [-0.39, 0.29) is 22.4 Å². The van der Waals surface area contributed by atoms with Gasteiger partial charge in [0, 0.05) is 11.1 Å². The van der Waals surface area contributed by atoms with Crippen molar-refractivity contribution in [3.63, 3.8) is 0 Å². The molecule has 0 bridgehead atoms. The number of rotatable bonds is 32. The van der Waals surface area contributed by atoms with E-state index < -0.39 is 0 Å². The van der Waals surface area contributed by atoms with Crippen molar-refractivity contribution in [1.29, 1.82) is 0 Å². The molecule has 8 atom stereocenters. The zero-order valence-corrected chi connectivity index (χ0v) is 69.0. The quantitative estimate of drug-likeness (QED) is 0.0382. The molecule has 4 aliphatic rings. The second-order valence-corrected chi connectivity index (χ2v) is 36.1. The minimum absolute atomic E-state index is 0.0492. The van der Waals surface area contributed by atoms with E-state index in [2.05, 4.69) is 125 Å². The first kappa shape index (κ1) is 85.9. The van der Waals surface area contributed by atoms with Crippen molar-refractivity contribution in [2.75, 3.05) is 0 Å². The summed E-state index contributed by atoms with van der Waals surface area (Å²) in [4.78, 5) is 0. The van der Waals surface area contributed by atoms with E-state index in [1.54, 1.807) is 6.07 Å². The Kier molecular flexibility index (Phi) is 34.3. The molecule has 100 heavy (non-hydrogen) atoms. The normalized spacial score (nSPS) is 21.1. The molecule has 4 N–H and O–H groups in total. The third-order valence-electron chi connectivity index (χ3n) is 24.0. The van der Waals surface area contributed by atoms with E-state index in [9.17, 15) is 20.4 Å². The molecule has 0 unspecified atom stereocenters. The lowest BCUT2D eigenvalue weighted by atomic mass is 9.84. The summed E-state index contributed by atoms with van der Waals surface area (Å²) in [5.74, 6) is 12.3. The van der Waals surface area contributed by atoms with Gasteiger partial charge in [-0.2, -0.15) is 0 Å². The third-order valence-corrected chi connectivity index (χ3v) is 24.0. The zero-order valence-electron chi connectivity index (χ0n) is 69.0. The van der Waals surface area contributed by atoms with E-state index in [0.29, 0.717) is 23.0 Å². The molecule has 4 heterocycles. The molecular weight excluding hydrogens is 1230 g/mol. The van der Waals surface area contributed by atoms with Crippen molar-refractivity contribution in [3.05, 3.63) is 91.0 Å². The number of ether oxygens (including phenoxy) is 4. The molecule has 8 rings (SSSR count). The molecule has 0 aromatic heterocycles. The van der Waals surface area contributed by atoms with Gasteiger partial charge >= 0.3 is 0 Å². The van der Waals surface area contributed by atoms with Crippen LogP contribution in [0.2, 0.25) is 0 Å². The Hall–Kier alpha value is -4.72. The van der Waals surface area contributed by atoms with Crippen LogP contribution in [0, 0.1) is 103 Å². The molecule has 4 aliphatic heterocycles. The summed E-state index contributed by atoms with van der Waals surface area (Å²) in [5, 5.41) is 40.2. The molecule has 0 radical (unpaired) electrons. The summed E-state index contributed by atoms with van der Waals surface area (Å²) in [6.45, 7) is 53.4. The van der Waals surface area contributed by atoms with Crippen LogP contribution in [-0.4, -0.2) is 42.8 Å². The first-order valence-electron chi connectivity index (χ1n) is 40.9. The Morgan fingerprint density at radius 3 is 1.02 bits per heavy atom. The average molecular weight is 1390 g/mol. The smallest absolute Gasteiger partial charge is 0.127 e. The molecule has 0 spiro atoms. The Balaban J connectivity index is 0.000000240. The minimum Gasteiger partial charge on any atom is -0.508 e. The van der Waals surface area contributed by atoms with Gasteiger partial charge in [-0.05, 0) is 313 Å². The predicted molar refractivity (Wildman–Crippen MR) is 427 cm³/mol. The fraction of sp³-hybridized carbons (Fsp3) is 0.739. The predicted octanol–water partition coefficient (Wildman–Crippen LogP) is 26.9. The second kappa shape index (κ2) is 40.0. The lowest BCUT2D eigenvalue weighted by molar-refractivity contribution is 0.0509. The van der Waals surface area contributed by atoms with Crippen LogP contribution in [0.5, 0.6) is 46.0 Å². The maximum absolute atomic E-state index is 10.3. The maximum atomic E-state index is 10.3. The van der Waals surface area contributed by atoms with Gasteiger partial charge in [-0.3, -0.25) is 0 Å². The standard InChI is InChI=1S/C24H40O2.2C23H38O2.C22H36O2/c1-16(2)10-8-11-17(3)12-9-14-24(7)15-13-21-20(6)22(25)18(4)19(5)23(21)26-24;1-16(2)9-7-10-17(3)11-8-13-23(6)14-12-20-15-21(24)18(4)19(5)22(20)25-23;1-16(2)9-7-10-17(3)11-8-13-23(6)14-12-20-19(5)21(24)15-18(4)22(20)25-23;1-16(2)8-6-9-17(3)10-7-12-22(5)13-11-19-15-20(23)14-18(4)21(19)24-22/h16-17,25H,8-15H2,1-7H3;2*15-17,24H,7-14H2,1-6H3;14-17,23H,6-13H2,1-5H3/t17-,24-;2*17-,23-;17-,22-/m1111/s1. The Labute approximate surface area is 614 Å². The molecule has 4 aromatic rings. The summed E-state index contributed by atoms with van der Waals surface area (Å²) in [5.41, 5.74) is 12.7. The average Bonchev–Trinajstić information content (AvgIpc) is 0.781. The highest BCUT2D eigenvalue weighted by atomic mass is 16.5. The van der Waals surface area contributed by atoms with Crippen LogP contribution in [0.25, 0.3) is 0 Å². The third kappa shape index (κ3) is 27.1. The number of aromatic hydroxyl groups is 4. The second-order valence-electron chi connectivity index (χ2n) is 36.1. The Morgan fingerprint density at radius 1 is 0.310 bits per heavy atom. The fourth-order valence-electron chi connectivity index (χ4n) is 16.3. The van der Waals surface area contributed by atoms with Crippen molar-refractivity contribution in [3.8, 4) is 46.0 Å².